The Morgan fingerprint density at radius 1 is 1.25 bits per heavy atom. The van der Waals surface area contributed by atoms with Gasteiger partial charge in [0.05, 0.1) is 6.20 Å². The number of aromatic amines is 1. The van der Waals surface area contributed by atoms with E-state index in [1.807, 2.05) is 0 Å². The third-order valence-electron chi connectivity index (χ3n) is 1.76. The Hall–Kier alpha value is -2.08. The zero-order chi connectivity index (χ0) is 11.4. The summed E-state index contributed by atoms with van der Waals surface area (Å²) in [5.41, 5.74) is 0.644. The molecule has 0 atom stereocenters. The second kappa shape index (κ2) is 4.63. The quantitative estimate of drug-likeness (QED) is 0.748. The van der Waals surface area contributed by atoms with Crippen molar-refractivity contribution in [1.29, 1.82) is 0 Å². The van der Waals surface area contributed by atoms with E-state index in [1.54, 1.807) is 24.3 Å². The van der Waals surface area contributed by atoms with Gasteiger partial charge in [0.25, 0.3) is 0 Å². The number of halogens is 1. The highest BCUT2D eigenvalue weighted by molar-refractivity contribution is 6.30. The van der Waals surface area contributed by atoms with Crippen LogP contribution in [-0.4, -0.2) is 21.4 Å². The molecule has 1 heterocycles. The van der Waals surface area contributed by atoms with Crippen molar-refractivity contribution in [1.82, 2.24) is 15.4 Å². The lowest BCUT2D eigenvalue weighted by molar-refractivity contribution is 0.262. The molecule has 0 spiro atoms. The van der Waals surface area contributed by atoms with E-state index < -0.39 is 6.03 Å². The molecule has 0 saturated heterocycles. The molecule has 0 aliphatic carbocycles. The Morgan fingerprint density at radius 3 is 2.62 bits per heavy atom. The minimum atomic E-state index is -0.392. The molecule has 2 amide bonds. The van der Waals surface area contributed by atoms with Crippen molar-refractivity contribution in [2.75, 3.05) is 10.6 Å². The van der Waals surface area contributed by atoms with Gasteiger partial charge in [0.2, 0.25) is 0 Å². The van der Waals surface area contributed by atoms with Crippen molar-refractivity contribution in [2.24, 2.45) is 0 Å². The number of H-pyrrole nitrogens is 1. The maximum Gasteiger partial charge on any atom is 0.324 e. The number of hydrogen-bond acceptors (Lipinski definition) is 3. The van der Waals surface area contributed by atoms with Crippen LogP contribution in [0.3, 0.4) is 0 Å². The van der Waals surface area contributed by atoms with Crippen molar-refractivity contribution in [3.63, 3.8) is 0 Å². The van der Waals surface area contributed by atoms with E-state index in [9.17, 15) is 4.79 Å². The summed E-state index contributed by atoms with van der Waals surface area (Å²) in [4.78, 5) is 11.4. The van der Waals surface area contributed by atoms with Crippen LogP contribution in [0.2, 0.25) is 5.02 Å². The summed E-state index contributed by atoms with van der Waals surface area (Å²) in [5, 5.41) is 15.4. The molecule has 0 radical (unpaired) electrons. The average Bonchev–Trinajstić information content (AvgIpc) is 2.74. The van der Waals surface area contributed by atoms with Crippen LogP contribution in [0.15, 0.2) is 30.5 Å². The molecule has 3 N–H and O–H groups in total. The third kappa shape index (κ3) is 2.71. The molecular weight excluding hydrogens is 230 g/mol. The van der Waals surface area contributed by atoms with Gasteiger partial charge in [0.15, 0.2) is 5.82 Å². The zero-order valence-corrected chi connectivity index (χ0v) is 8.82. The van der Waals surface area contributed by atoms with Crippen LogP contribution < -0.4 is 10.6 Å². The fraction of sp³-hybridized carbons (Fsp3) is 0. The monoisotopic (exact) mass is 237 g/mol. The molecular formula is C9H8ClN5O. The predicted molar refractivity (Wildman–Crippen MR) is 60.5 cm³/mol. The summed E-state index contributed by atoms with van der Waals surface area (Å²) in [6.07, 6.45) is 1.40. The molecule has 0 aliphatic heterocycles. The van der Waals surface area contributed by atoms with Crippen molar-refractivity contribution in [3.8, 4) is 0 Å². The number of nitrogens with one attached hydrogen (secondary N) is 3. The van der Waals surface area contributed by atoms with Crippen LogP contribution in [0.25, 0.3) is 0 Å². The normalized spacial score (nSPS) is 9.81. The van der Waals surface area contributed by atoms with Gasteiger partial charge >= 0.3 is 6.03 Å². The first-order valence-corrected chi connectivity index (χ1v) is 4.81. The highest BCUT2D eigenvalue weighted by Gasteiger charge is 2.03. The van der Waals surface area contributed by atoms with Gasteiger partial charge in [0.1, 0.15) is 0 Å². The molecule has 7 heteroatoms. The lowest BCUT2D eigenvalue weighted by Gasteiger charge is -2.04. The number of anilines is 2. The number of rotatable bonds is 2. The van der Waals surface area contributed by atoms with Gasteiger partial charge in [-0.15, -0.1) is 5.10 Å². The van der Waals surface area contributed by atoms with Gasteiger partial charge in [-0.2, -0.15) is 10.3 Å². The van der Waals surface area contributed by atoms with Crippen LogP contribution >= 0.6 is 11.6 Å². The zero-order valence-electron chi connectivity index (χ0n) is 8.07. The molecule has 1 aromatic carbocycles. The van der Waals surface area contributed by atoms with E-state index >= 15 is 0 Å². The highest BCUT2D eigenvalue weighted by Crippen LogP contribution is 2.13. The van der Waals surface area contributed by atoms with Crippen LogP contribution in [0.1, 0.15) is 0 Å². The molecule has 1 aromatic heterocycles. The number of aromatic nitrogens is 3. The van der Waals surface area contributed by atoms with Crippen molar-refractivity contribution >= 4 is 29.1 Å². The summed E-state index contributed by atoms with van der Waals surface area (Å²) in [5.74, 6) is 0.353. The number of urea groups is 1. The first-order chi connectivity index (χ1) is 7.74. The lowest BCUT2D eigenvalue weighted by atomic mass is 10.3. The topological polar surface area (TPSA) is 82.7 Å². The van der Waals surface area contributed by atoms with E-state index in [-0.39, 0.29) is 0 Å². The Balaban J connectivity index is 1.95. The molecule has 0 unspecified atom stereocenters. The first-order valence-electron chi connectivity index (χ1n) is 4.43. The summed E-state index contributed by atoms with van der Waals surface area (Å²) in [6.45, 7) is 0. The van der Waals surface area contributed by atoms with E-state index in [1.165, 1.54) is 6.20 Å². The second-order valence-corrected chi connectivity index (χ2v) is 3.38. The van der Waals surface area contributed by atoms with Crippen molar-refractivity contribution in [3.05, 3.63) is 35.5 Å². The Morgan fingerprint density at radius 2 is 2.00 bits per heavy atom. The Bertz CT molecular complexity index is 467. The largest absolute Gasteiger partial charge is 0.324 e. The SMILES string of the molecule is O=C(Nc1ccc(Cl)cc1)Nc1cn[nH]n1. The lowest BCUT2D eigenvalue weighted by Crippen LogP contribution is -2.19. The Kier molecular flexibility index (Phi) is 3.02. The molecule has 2 rings (SSSR count). The molecule has 0 aliphatic rings. The van der Waals surface area contributed by atoms with Gasteiger partial charge in [-0.05, 0) is 24.3 Å². The van der Waals surface area contributed by atoms with Crippen molar-refractivity contribution < 1.29 is 4.79 Å². The summed E-state index contributed by atoms with van der Waals surface area (Å²) in [6, 6.07) is 6.38. The number of carbonyl (C=O) groups is 1. The fourth-order valence-electron chi connectivity index (χ4n) is 1.07. The maximum atomic E-state index is 11.4. The molecule has 0 saturated carbocycles. The van der Waals surface area contributed by atoms with E-state index in [2.05, 4.69) is 26.0 Å². The smallest absolute Gasteiger partial charge is 0.308 e. The van der Waals surface area contributed by atoms with Crippen molar-refractivity contribution in [2.45, 2.75) is 0 Å². The molecule has 0 fully saturated rings. The van der Waals surface area contributed by atoms with Gasteiger partial charge < -0.3 is 5.32 Å². The van der Waals surface area contributed by atoms with E-state index in [0.29, 0.717) is 16.5 Å². The fourth-order valence-corrected chi connectivity index (χ4v) is 1.20. The minimum absolute atomic E-state index is 0.353. The number of benzene rings is 1. The average molecular weight is 238 g/mol. The van der Waals surface area contributed by atoms with Crippen LogP contribution in [0.5, 0.6) is 0 Å². The molecule has 6 nitrogen and oxygen atoms in total. The first kappa shape index (κ1) is 10.4. The predicted octanol–water partition coefficient (Wildman–Crippen LogP) is 2.10. The highest BCUT2D eigenvalue weighted by atomic mass is 35.5. The standard InChI is InChI=1S/C9H8ClN5O/c10-6-1-3-7(4-2-6)12-9(16)13-8-5-11-15-14-8/h1-5H,(H3,11,12,13,14,15,16). The molecule has 2 aromatic rings. The number of nitrogens with zero attached hydrogens (tertiary/aromatic N) is 2. The Labute approximate surface area is 96.0 Å². The molecule has 16 heavy (non-hydrogen) atoms. The maximum absolute atomic E-state index is 11.4. The van der Waals surface area contributed by atoms with E-state index in [0.717, 1.165) is 0 Å². The van der Waals surface area contributed by atoms with Crippen LogP contribution in [-0.2, 0) is 0 Å². The molecule has 0 bridgehead atoms. The number of carbonyl (C=O) groups excluding carboxylic acids is 1. The summed E-state index contributed by atoms with van der Waals surface area (Å²) < 4.78 is 0. The second-order valence-electron chi connectivity index (χ2n) is 2.94. The van der Waals surface area contributed by atoms with Crippen LogP contribution in [0.4, 0.5) is 16.3 Å². The number of amides is 2. The molecule has 82 valence electrons. The van der Waals surface area contributed by atoms with Gasteiger partial charge in [-0.3, -0.25) is 5.32 Å². The van der Waals surface area contributed by atoms with Gasteiger partial charge in [-0.1, -0.05) is 11.6 Å². The number of hydrogen-bond donors (Lipinski definition) is 3. The third-order valence-corrected chi connectivity index (χ3v) is 2.01. The van der Waals surface area contributed by atoms with Crippen LogP contribution in [0, 0.1) is 0 Å². The summed E-state index contributed by atoms with van der Waals surface area (Å²) >= 11 is 5.71. The summed E-state index contributed by atoms with van der Waals surface area (Å²) in [7, 11) is 0. The van der Waals surface area contributed by atoms with Gasteiger partial charge in [-0.25, -0.2) is 4.79 Å². The van der Waals surface area contributed by atoms with Gasteiger partial charge in [0, 0.05) is 10.7 Å². The van der Waals surface area contributed by atoms with E-state index in [4.69, 9.17) is 11.6 Å². The minimum Gasteiger partial charge on any atom is -0.308 e.